The minimum atomic E-state index is -0.919. The van der Waals surface area contributed by atoms with Crippen LogP contribution >= 0.6 is 0 Å². The number of hydrogen-bond donors (Lipinski definition) is 2. The molecule has 0 aromatic rings. The van der Waals surface area contributed by atoms with Crippen molar-refractivity contribution in [3.8, 4) is 0 Å². The average Bonchev–Trinajstić information content (AvgIpc) is 3.04. The number of esters is 2. The molecule has 23 heavy (non-hydrogen) atoms. The molecular weight excluding hydrogens is 300 g/mol. The summed E-state index contributed by atoms with van der Waals surface area (Å²) >= 11 is 0. The fourth-order valence-corrected chi connectivity index (χ4v) is 5.64. The van der Waals surface area contributed by atoms with Crippen molar-refractivity contribution >= 4 is 11.9 Å². The molecule has 0 radical (unpaired) electrons. The molecule has 6 atom stereocenters. The van der Waals surface area contributed by atoms with Crippen LogP contribution in [0.3, 0.4) is 0 Å². The highest BCUT2D eigenvalue weighted by Gasteiger charge is 2.71. The van der Waals surface area contributed by atoms with Crippen LogP contribution < -0.4 is 0 Å². The van der Waals surface area contributed by atoms with Gasteiger partial charge in [0.1, 0.15) is 0 Å². The van der Waals surface area contributed by atoms with E-state index in [0.29, 0.717) is 18.4 Å². The number of methoxy groups -OCH3 is 2. The van der Waals surface area contributed by atoms with Gasteiger partial charge in [-0.25, -0.2) is 4.79 Å². The molecule has 2 bridgehead atoms. The van der Waals surface area contributed by atoms with Gasteiger partial charge in [-0.05, 0) is 37.2 Å². The maximum absolute atomic E-state index is 12.3. The first-order chi connectivity index (χ1) is 10.9. The Balaban J connectivity index is 2.13. The number of hydrogen-bond acceptors (Lipinski definition) is 6. The minimum Gasteiger partial charge on any atom is -0.469 e. The van der Waals surface area contributed by atoms with E-state index in [1.54, 1.807) is 0 Å². The number of fused-ring (bicyclic) bond motifs is 1. The van der Waals surface area contributed by atoms with Gasteiger partial charge in [-0.2, -0.15) is 0 Å². The Labute approximate surface area is 135 Å². The van der Waals surface area contributed by atoms with Gasteiger partial charge in [0.05, 0.1) is 26.2 Å². The molecule has 6 unspecified atom stereocenters. The smallest absolute Gasteiger partial charge is 0.333 e. The second kappa shape index (κ2) is 5.31. The van der Waals surface area contributed by atoms with Gasteiger partial charge < -0.3 is 19.7 Å². The SMILES string of the molecule is COC(=O)C1=CC(O)C23CC1C(C)(CO)C2CCC3C(=O)OC. The number of rotatable bonds is 3. The molecule has 0 aromatic heterocycles. The van der Waals surface area contributed by atoms with Crippen LogP contribution in [0.15, 0.2) is 11.6 Å². The van der Waals surface area contributed by atoms with Crippen molar-refractivity contribution in [2.75, 3.05) is 20.8 Å². The van der Waals surface area contributed by atoms with Crippen LogP contribution in [0.5, 0.6) is 0 Å². The Bertz CT molecular complexity index is 569. The average molecular weight is 324 g/mol. The Morgan fingerprint density at radius 2 is 2.00 bits per heavy atom. The molecule has 0 aliphatic heterocycles. The van der Waals surface area contributed by atoms with Gasteiger partial charge in [-0.3, -0.25) is 4.79 Å². The van der Waals surface area contributed by atoms with Crippen molar-refractivity contribution in [3.05, 3.63) is 11.6 Å². The maximum Gasteiger partial charge on any atom is 0.333 e. The Kier molecular flexibility index (Phi) is 3.80. The first kappa shape index (κ1) is 16.5. The van der Waals surface area contributed by atoms with E-state index in [0.717, 1.165) is 6.42 Å². The second-order valence-electron chi connectivity index (χ2n) is 7.30. The predicted octanol–water partition coefficient (Wildman–Crippen LogP) is 0.664. The molecule has 2 fully saturated rings. The van der Waals surface area contributed by atoms with Crippen LogP contribution in [-0.2, 0) is 19.1 Å². The molecular formula is C17H24O6. The zero-order valence-corrected chi connectivity index (χ0v) is 13.7. The standard InChI is InChI=1S/C17H24O6/c1-16(8-18)11-7-17(13(19)6-9(11)14(20)22-2)10(15(21)23-3)4-5-12(16)17/h6,10-13,18-19H,4-5,7-8H2,1-3H3. The van der Waals surface area contributed by atoms with Gasteiger partial charge in [0.25, 0.3) is 0 Å². The zero-order valence-electron chi connectivity index (χ0n) is 13.7. The fourth-order valence-electron chi connectivity index (χ4n) is 5.64. The molecule has 0 amide bonds. The van der Waals surface area contributed by atoms with Crippen molar-refractivity contribution in [2.45, 2.75) is 32.3 Å². The summed E-state index contributed by atoms with van der Waals surface area (Å²) in [6, 6.07) is 0. The molecule has 0 heterocycles. The lowest BCUT2D eigenvalue weighted by Crippen LogP contribution is -2.46. The third kappa shape index (κ3) is 1.88. The van der Waals surface area contributed by atoms with Crippen LogP contribution in [0.2, 0.25) is 0 Å². The molecule has 3 aliphatic rings. The Hall–Kier alpha value is -1.40. The normalized spacial score (nSPS) is 44.5. The maximum atomic E-state index is 12.3. The molecule has 3 rings (SSSR count). The lowest BCUT2D eigenvalue weighted by atomic mass is 9.65. The molecule has 6 nitrogen and oxygen atoms in total. The van der Waals surface area contributed by atoms with E-state index in [4.69, 9.17) is 9.47 Å². The predicted molar refractivity (Wildman–Crippen MR) is 80.1 cm³/mol. The molecule has 2 N–H and O–H groups in total. The molecule has 2 saturated carbocycles. The van der Waals surface area contributed by atoms with Crippen molar-refractivity contribution in [1.82, 2.24) is 0 Å². The third-order valence-electron chi connectivity index (χ3n) is 6.70. The minimum absolute atomic E-state index is 0.0393. The van der Waals surface area contributed by atoms with Crippen molar-refractivity contribution in [3.63, 3.8) is 0 Å². The quantitative estimate of drug-likeness (QED) is 0.741. The van der Waals surface area contributed by atoms with Crippen LogP contribution in [0.25, 0.3) is 0 Å². The molecule has 6 heteroatoms. The van der Waals surface area contributed by atoms with Gasteiger partial charge in [0.2, 0.25) is 0 Å². The Morgan fingerprint density at radius 1 is 1.30 bits per heavy atom. The monoisotopic (exact) mass is 324 g/mol. The van der Waals surface area contributed by atoms with Crippen molar-refractivity contribution < 1.29 is 29.3 Å². The summed E-state index contributed by atoms with van der Waals surface area (Å²) in [7, 11) is 2.66. The van der Waals surface area contributed by atoms with E-state index in [9.17, 15) is 19.8 Å². The summed E-state index contributed by atoms with van der Waals surface area (Å²) in [6.07, 6.45) is 2.48. The first-order valence-corrected chi connectivity index (χ1v) is 8.03. The molecule has 128 valence electrons. The van der Waals surface area contributed by atoms with Gasteiger partial charge in [0, 0.05) is 23.0 Å². The number of ether oxygens (including phenoxy) is 2. The van der Waals surface area contributed by atoms with E-state index in [-0.39, 0.29) is 24.4 Å². The highest BCUT2D eigenvalue weighted by atomic mass is 16.5. The highest BCUT2D eigenvalue weighted by molar-refractivity contribution is 5.90. The summed E-state index contributed by atoms with van der Waals surface area (Å²) in [5, 5.41) is 20.9. The van der Waals surface area contributed by atoms with Crippen molar-refractivity contribution in [2.24, 2.45) is 28.6 Å². The second-order valence-corrected chi connectivity index (χ2v) is 7.30. The van der Waals surface area contributed by atoms with Gasteiger partial charge in [-0.15, -0.1) is 0 Å². The van der Waals surface area contributed by atoms with Gasteiger partial charge in [-0.1, -0.05) is 6.92 Å². The van der Waals surface area contributed by atoms with Crippen LogP contribution in [0.1, 0.15) is 26.2 Å². The lowest BCUT2D eigenvalue weighted by Gasteiger charge is -2.40. The number of carbonyl (C=O) groups excluding carboxylic acids is 2. The Morgan fingerprint density at radius 3 is 2.57 bits per heavy atom. The van der Waals surface area contributed by atoms with Crippen LogP contribution in [-0.4, -0.2) is 49.1 Å². The summed E-state index contributed by atoms with van der Waals surface area (Å²) in [5.41, 5.74) is -0.798. The van der Waals surface area contributed by atoms with E-state index in [1.165, 1.54) is 20.3 Å². The van der Waals surface area contributed by atoms with E-state index in [2.05, 4.69) is 0 Å². The lowest BCUT2D eigenvalue weighted by molar-refractivity contribution is -0.153. The summed E-state index contributed by atoms with van der Waals surface area (Å²) in [4.78, 5) is 24.4. The van der Waals surface area contributed by atoms with Gasteiger partial charge >= 0.3 is 11.9 Å². The topological polar surface area (TPSA) is 93.1 Å². The van der Waals surface area contributed by atoms with Crippen LogP contribution in [0, 0.1) is 28.6 Å². The zero-order chi connectivity index (χ0) is 17.0. The number of aliphatic hydroxyl groups excluding tert-OH is 2. The molecule has 0 saturated heterocycles. The van der Waals surface area contributed by atoms with Crippen LogP contribution in [0.4, 0.5) is 0 Å². The summed E-state index contributed by atoms with van der Waals surface area (Å²) in [6.45, 7) is 1.84. The highest BCUT2D eigenvalue weighted by Crippen LogP contribution is 2.71. The summed E-state index contributed by atoms with van der Waals surface area (Å²) in [5.74, 6) is -1.46. The van der Waals surface area contributed by atoms with Gasteiger partial charge in [0.15, 0.2) is 0 Å². The van der Waals surface area contributed by atoms with E-state index >= 15 is 0 Å². The number of carbonyl (C=O) groups is 2. The number of aliphatic hydroxyl groups is 2. The largest absolute Gasteiger partial charge is 0.469 e. The van der Waals surface area contributed by atoms with E-state index < -0.39 is 28.8 Å². The summed E-state index contributed by atoms with van der Waals surface area (Å²) < 4.78 is 9.80. The third-order valence-corrected chi connectivity index (χ3v) is 6.70. The van der Waals surface area contributed by atoms with Crippen molar-refractivity contribution in [1.29, 1.82) is 0 Å². The fraction of sp³-hybridized carbons (Fsp3) is 0.765. The van der Waals surface area contributed by atoms with E-state index in [1.807, 2.05) is 6.92 Å². The first-order valence-electron chi connectivity index (χ1n) is 8.03. The molecule has 0 aromatic carbocycles. The molecule has 3 aliphatic carbocycles. The molecule has 1 spiro atoms.